The summed E-state index contributed by atoms with van der Waals surface area (Å²) in [6.45, 7) is 1.69. The Kier molecular flexibility index (Phi) is 5.86. The first-order valence-corrected chi connectivity index (χ1v) is 8.85. The summed E-state index contributed by atoms with van der Waals surface area (Å²) in [4.78, 5) is 11.6. The van der Waals surface area contributed by atoms with Crippen molar-refractivity contribution in [2.75, 3.05) is 6.61 Å². The van der Waals surface area contributed by atoms with Gasteiger partial charge in [-0.25, -0.2) is 8.78 Å². The van der Waals surface area contributed by atoms with Gasteiger partial charge < -0.3 is 4.74 Å². The van der Waals surface area contributed by atoms with Crippen molar-refractivity contribution in [3.63, 3.8) is 0 Å². The van der Waals surface area contributed by atoms with E-state index < -0.39 is 29.3 Å². The van der Waals surface area contributed by atoms with Crippen LogP contribution < -0.4 is 0 Å². The molecule has 0 N–H and O–H groups in total. The Morgan fingerprint density at radius 2 is 1.90 bits per heavy atom. The molecule has 29 heavy (non-hydrogen) atoms. The molecule has 0 saturated heterocycles. The van der Waals surface area contributed by atoms with Gasteiger partial charge in [-0.2, -0.15) is 18.3 Å². The van der Waals surface area contributed by atoms with Crippen LogP contribution in [0.3, 0.4) is 0 Å². The molecule has 0 amide bonds. The van der Waals surface area contributed by atoms with Crippen LogP contribution in [0.5, 0.6) is 0 Å². The van der Waals surface area contributed by atoms with Gasteiger partial charge in [-0.1, -0.05) is 12.1 Å². The number of halogens is 5. The fourth-order valence-electron chi connectivity index (χ4n) is 2.99. The van der Waals surface area contributed by atoms with Gasteiger partial charge in [-0.05, 0) is 25.1 Å². The van der Waals surface area contributed by atoms with Crippen LogP contribution in [0.2, 0.25) is 0 Å². The lowest BCUT2D eigenvalue weighted by Gasteiger charge is -2.09. The van der Waals surface area contributed by atoms with E-state index in [9.17, 15) is 26.7 Å². The van der Waals surface area contributed by atoms with Crippen LogP contribution in [-0.4, -0.2) is 22.4 Å². The Morgan fingerprint density at radius 1 is 1.14 bits per heavy atom. The van der Waals surface area contributed by atoms with Gasteiger partial charge in [-0.3, -0.25) is 9.48 Å². The first-order valence-electron chi connectivity index (χ1n) is 8.85. The van der Waals surface area contributed by atoms with Crippen LogP contribution in [-0.2, 0) is 28.7 Å². The summed E-state index contributed by atoms with van der Waals surface area (Å²) in [5, 5.41) is 4.71. The SMILES string of the molecule is CCOC(=O)CCc1nn(Cc2ccc(F)cc2F)c2cc(C(F)(F)F)ccc12. The number of carbonyl (C=O) groups excluding carboxylic acids is 1. The van der Waals surface area contributed by atoms with Crippen molar-refractivity contribution < 1.29 is 31.5 Å². The molecule has 0 aliphatic carbocycles. The molecule has 4 nitrogen and oxygen atoms in total. The van der Waals surface area contributed by atoms with Gasteiger partial charge in [0.1, 0.15) is 11.6 Å². The molecule has 0 saturated carbocycles. The molecule has 1 aromatic heterocycles. The van der Waals surface area contributed by atoms with Crippen LogP contribution in [0.15, 0.2) is 36.4 Å². The first-order chi connectivity index (χ1) is 13.7. The highest BCUT2D eigenvalue weighted by Crippen LogP contribution is 2.33. The third kappa shape index (κ3) is 4.72. The quantitative estimate of drug-likeness (QED) is 0.428. The molecule has 0 aliphatic heterocycles. The number of benzene rings is 2. The number of nitrogens with zero attached hydrogens (tertiary/aromatic N) is 2. The fourth-order valence-corrected chi connectivity index (χ4v) is 2.99. The molecular weight excluding hydrogens is 395 g/mol. The molecule has 0 atom stereocenters. The third-order valence-electron chi connectivity index (χ3n) is 4.36. The van der Waals surface area contributed by atoms with Crippen LogP contribution in [0, 0.1) is 11.6 Å². The molecule has 0 fully saturated rings. The zero-order chi connectivity index (χ0) is 21.2. The van der Waals surface area contributed by atoms with E-state index in [1.165, 1.54) is 16.8 Å². The van der Waals surface area contributed by atoms with E-state index >= 15 is 0 Å². The number of hydrogen-bond donors (Lipinski definition) is 0. The van der Waals surface area contributed by atoms with Gasteiger partial charge in [0.25, 0.3) is 0 Å². The predicted molar refractivity (Wildman–Crippen MR) is 95.1 cm³/mol. The molecule has 0 radical (unpaired) electrons. The minimum absolute atomic E-state index is 0.00584. The molecule has 1 heterocycles. The van der Waals surface area contributed by atoms with Gasteiger partial charge in [0.15, 0.2) is 0 Å². The average molecular weight is 412 g/mol. The number of rotatable bonds is 6. The van der Waals surface area contributed by atoms with Crippen molar-refractivity contribution in [3.8, 4) is 0 Å². The standard InChI is InChI=1S/C20H17F5N2O2/c1-2-29-19(28)8-7-17-15-6-4-13(20(23,24)25)9-18(15)27(26-17)11-12-3-5-14(21)10-16(12)22/h3-6,9-10H,2,7-8,11H2,1H3. The van der Waals surface area contributed by atoms with Gasteiger partial charge in [0.05, 0.1) is 36.3 Å². The van der Waals surface area contributed by atoms with Gasteiger partial charge in [0, 0.05) is 23.4 Å². The van der Waals surface area contributed by atoms with E-state index in [1.54, 1.807) is 6.92 Å². The maximum atomic E-state index is 14.0. The molecule has 3 aromatic rings. The lowest BCUT2D eigenvalue weighted by Crippen LogP contribution is -2.07. The summed E-state index contributed by atoms with van der Waals surface area (Å²) in [5.74, 6) is -2.04. The van der Waals surface area contributed by atoms with Crippen LogP contribution >= 0.6 is 0 Å². The largest absolute Gasteiger partial charge is 0.466 e. The van der Waals surface area contributed by atoms with E-state index in [2.05, 4.69) is 5.10 Å². The first kappa shape index (κ1) is 20.8. The zero-order valence-corrected chi connectivity index (χ0v) is 15.4. The molecule has 0 spiro atoms. The lowest BCUT2D eigenvalue weighted by atomic mass is 10.1. The maximum Gasteiger partial charge on any atom is 0.416 e. The fraction of sp³-hybridized carbons (Fsp3) is 0.300. The van der Waals surface area contributed by atoms with Crippen LogP contribution in [0.1, 0.15) is 30.2 Å². The van der Waals surface area contributed by atoms with E-state index in [1.807, 2.05) is 0 Å². The minimum atomic E-state index is -4.56. The predicted octanol–water partition coefficient (Wildman–Crippen LogP) is 4.88. The van der Waals surface area contributed by atoms with Crippen molar-refractivity contribution >= 4 is 16.9 Å². The number of aromatic nitrogens is 2. The average Bonchev–Trinajstić information content (AvgIpc) is 2.99. The Morgan fingerprint density at radius 3 is 2.55 bits per heavy atom. The molecule has 0 aliphatic rings. The van der Waals surface area contributed by atoms with Crippen molar-refractivity contribution in [3.05, 3.63) is 64.9 Å². The van der Waals surface area contributed by atoms with E-state index in [-0.39, 0.29) is 37.1 Å². The Balaban J connectivity index is 2.02. The molecule has 9 heteroatoms. The second-order valence-corrected chi connectivity index (χ2v) is 6.37. The zero-order valence-electron chi connectivity index (χ0n) is 15.4. The summed E-state index contributed by atoms with van der Waals surface area (Å²) < 4.78 is 72.7. The second kappa shape index (κ2) is 8.18. The number of aryl methyl sites for hydroxylation is 1. The topological polar surface area (TPSA) is 44.1 Å². The highest BCUT2D eigenvalue weighted by Gasteiger charge is 2.31. The lowest BCUT2D eigenvalue weighted by molar-refractivity contribution is -0.143. The monoisotopic (exact) mass is 412 g/mol. The maximum absolute atomic E-state index is 14.0. The highest BCUT2D eigenvalue weighted by atomic mass is 19.4. The Bertz CT molecular complexity index is 1040. The molecule has 3 rings (SSSR count). The van der Waals surface area contributed by atoms with Crippen LogP contribution in [0.25, 0.3) is 10.9 Å². The van der Waals surface area contributed by atoms with Gasteiger partial charge >= 0.3 is 12.1 Å². The van der Waals surface area contributed by atoms with E-state index in [0.29, 0.717) is 17.1 Å². The van der Waals surface area contributed by atoms with E-state index in [0.717, 1.165) is 18.2 Å². The Labute approximate surface area is 162 Å². The number of hydrogen-bond acceptors (Lipinski definition) is 3. The molecular formula is C20H17F5N2O2. The smallest absolute Gasteiger partial charge is 0.416 e. The summed E-state index contributed by atoms with van der Waals surface area (Å²) in [6, 6.07) is 6.11. The third-order valence-corrected chi connectivity index (χ3v) is 4.36. The minimum Gasteiger partial charge on any atom is -0.466 e. The number of esters is 1. The van der Waals surface area contributed by atoms with Gasteiger partial charge in [-0.15, -0.1) is 0 Å². The molecule has 2 aromatic carbocycles. The van der Waals surface area contributed by atoms with Crippen molar-refractivity contribution in [2.24, 2.45) is 0 Å². The number of alkyl halides is 3. The number of ether oxygens (including phenoxy) is 1. The summed E-state index contributed by atoms with van der Waals surface area (Å²) >= 11 is 0. The second-order valence-electron chi connectivity index (χ2n) is 6.37. The normalized spacial score (nSPS) is 11.8. The number of carbonyl (C=O) groups is 1. The Hall–Kier alpha value is -2.97. The molecule has 0 unspecified atom stereocenters. The van der Waals surface area contributed by atoms with Crippen molar-refractivity contribution in [2.45, 2.75) is 32.5 Å². The molecule has 154 valence electrons. The molecule has 0 bridgehead atoms. The summed E-state index contributed by atoms with van der Waals surface area (Å²) in [5.41, 5.74) is -0.264. The van der Waals surface area contributed by atoms with Gasteiger partial charge in [0.2, 0.25) is 0 Å². The highest BCUT2D eigenvalue weighted by molar-refractivity contribution is 5.83. The van der Waals surface area contributed by atoms with E-state index in [4.69, 9.17) is 4.74 Å². The van der Waals surface area contributed by atoms with Crippen molar-refractivity contribution in [1.29, 1.82) is 0 Å². The summed E-state index contributed by atoms with van der Waals surface area (Å²) in [7, 11) is 0. The van der Waals surface area contributed by atoms with Crippen LogP contribution in [0.4, 0.5) is 22.0 Å². The number of fused-ring (bicyclic) bond motifs is 1. The summed E-state index contributed by atoms with van der Waals surface area (Å²) in [6.07, 6.45) is -4.40. The van der Waals surface area contributed by atoms with Crippen molar-refractivity contribution in [1.82, 2.24) is 9.78 Å².